The number of ether oxygens (including phenoxy) is 1. The van der Waals surface area contributed by atoms with Crippen molar-refractivity contribution in [1.82, 2.24) is 5.32 Å². The molecule has 0 aliphatic heterocycles. The van der Waals surface area contributed by atoms with E-state index in [-0.39, 0.29) is 24.8 Å². The van der Waals surface area contributed by atoms with E-state index in [2.05, 4.69) is 12.2 Å². The highest BCUT2D eigenvalue weighted by atomic mass is 16.5. The number of hydrogen-bond acceptors (Lipinski definition) is 4. The van der Waals surface area contributed by atoms with Crippen LogP contribution in [0, 0.1) is 5.41 Å². The van der Waals surface area contributed by atoms with E-state index in [0.29, 0.717) is 13.0 Å². The molecular formula is C15H29NO4. The van der Waals surface area contributed by atoms with Crippen molar-refractivity contribution >= 4 is 11.9 Å². The molecule has 0 radical (unpaired) electrons. The maximum absolute atomic E-state index is 12.1. The predicted molar refractivity (Wildman–Crippen MR) is 78.2 cm³/mol. The number of amides is 1. The second kappa shape index (κ2) is 9.75. The van der Waals surface area contributed by atoms with Gasteiger partial charge in [-0.25, -0.2) is 0 Å². The van der Waals surface area contributed by atoms with Crippen LogP contribution >= 0.6 is 0 Å². The third-order valence-electron chi connectivity index (χ3n) is 3.43. The summed E-state index contributed by atoms with van der Waals surface area (Å²) >= 11 is 0. The molecule has 0 aliphatic carbocycles. The van der Waals surface area contributed by atoms with Crippen LogP contribution in [0.3, 0.4) is 0 Å². The Hall–Kier alpha value is -1.10. The maximum Gasteiger partial charge on any atom is 0.306 e. The molecule has 0 spiro atoms. The highest BCUT2D eigenvalue weighted by Gasteiger charge is 2.34. The van der Waals surface area contributed by atoms with Gasteiger partial charge in [0.15, 0.2) is 0 Å². The minimum absolute atomic E-state index is 0.0707. The minimum Gasteiger partial charge on any atom is -0.466 e. The number of esters is 1. The fraction of sp³-hybridized carbons (Fsp3) is 0.867. The number of unbranched alkanes of at least 4 members (excludes halogenated alkanes) is 2. The van der Waals surface area contributed by atoms with Crippen LogP contribution in [0.25, 0.3) is 0 Å². The van der Waals surface area contributed by atoms with Gasteiger partial charge in [-0.3, -0.25) is 9.59 Å². The van der Waals surface area contributed by atoms with E-state index in [0.717, 1.165) is 19.3 Å². The molecule has 0 saturated heterocycles. The molecule has 5 heteroatoms. The van der Waals surface area contributed by atoms with Gasteiger partial charge in [-0.05, 0) is 19.8 Å². The smallest absolute Gasteiger partial charge is 0.306 e. The van der Waals surface area contributed by atoms with Gasteiger partial charge in [0.1, 0.15) is 0 Å². The van der Waals surface area contributed by atoms with Gasteiger partial charge in [0.05, 0.1) is 24.5 Å². The molecule has 0 fully saturated rings. The largest absolute Gasteiger partial charge is 0.466 e. The van der Waals surface area contributed by atoms with Crippen LogP contribution in [0.4, 0.5) is 0 Å². The fourth-order valence-electron chi connectivity index (χ4n) is 1.73. The topological polar surface area (TPSA) is 75.6 Å². The molecule has 0 aromatic heterocycles. The molecule has 2 unspecified atom stereocenters. The van der Waals surface area contributed by atoms with Crippen molar-refractivity contribution < 1.29 is 19.4 Å². The van der Waals surface area contributed by atoms with E-state index in [4.69, 9.17) is 4.74 Å². The number of hydrogen-bond donors (Lipinski definition) is 2. The third kappa shape index (κ3) is 7.48. The SMILES string of the molecule is CCCCCOC(=O)CC(C)(CC)C(=O)NCC(C)O. The second-order valence-corrected chi connectivity index (χ2v) is 5.58. The quantitative estimate of drug-likeness (QED) is 0.476. The molecule has 0 aliphatic rings. The lowest BCUT2D eigenvalue weighted by Crippen LogP contribution is -2.42. The Morgan fingerprint density at radius 3 is 2.45 bits per heavy atom. The standard InChI is InChI=1S/C15H29NO4/c1-5-7-8-9-20-13(18)10-15(4,6-2)14(19)16-11-12(3)17/h12,17H,5-11H2,1-4H3,(H,16,19). The Balaban J connectivity index is 4.27. The lowest BCUT2D eigenvalue weighted by atomic mass is 9.83. The van der Waals surface area contributed by atoms with Crippen LogP contribution in [-0.4, -0.2) is 36.2 Å². The summed E-state index contributed by atoms with van der Waals surface area (Å²) in [7, 11) is 0. The van der Waals surface area contributed by atoms with Gasteiger partial charge in [-0.15, -0.1) is 0 Å². The Morgan fingerprint density at radius 2 is 1.95 bits per heavy atom. The van der Waals surface area contributed by atoms with E-state index >= 15 is 0 Å². The van der Waals surface area contributed by atoms with Crippen LogP contribution in [-0.2, 0) is 14.3 Å². The lowest BCUT2D eigenvalue weighted by molar-refractivity contribution is -0.150. The summed E-state index contributed by atoms with van der Waals surface area (Å²) in [5.41, 5.74) is -0.781. The summed E-state index contributed by atoms with van der Waals surface area (Å²) in [5.74, 6) is -0.552. The number of rotatable bonds is 10. The zero-order valence-electron chi connectivity index (χ0n) is 13.2. The summed E-state index contributed by atoms with van der Waals surface area (Å²) in [5, 5.41) is 11.8. The highest BCUT2D eigenvalue weighted by Crippen LogP contribution is 2.26. The monoisotopic (exact) mass is 287 g/mol. The van der Waals surface area contributed by atoms with Gasteiger partial charge in [0.2, 0.25) is 5.91 Å². The van der Waals surface area contributed by atoms with E-state index in [1.807, 2.05) is 6.92 Å². The van der Waals surface area contributed by atoms with Crippen LogP contribution in [0.15, 0.2) is 0 Å². The van der Waals surface area contributed by atoms with Crippen molar-refractivity contribution in [3.63, 3.8) is 0 Å². The zero-order chi connectivity index (χ0) is 15.6. The van der Waals surface area contributed by atoms with Crippen molar-refractivity contribution in [2.45, 2.75) is 65.9 Å². The molecule has 2 N–H and O–H groups in total. The van der Waals surface area contributed by atoms with Crippen molar-refractivity contribution in [1.29, 1.82) is 0 Å². The third-order valence-corrected chi connectivity index (χ3v) is 3.43. The summed E-state index contributed by atoms with van der Waals surface area (Å²) < 4.78 is 5.15. The normalized spacial score (nSPS) is 15.2. The lowest BCUT2D eigenvalue weighted by Gasteiger charge is -2.26. The first-order valence-corrected chi connectivity index (χ1v) is 7.47. The number of aliphatic hydroxyl groups is 1. The Kier molecular flexibility index (Phi) is 9.21. The molecular weight excluding hydrogens is 258 g/mol. The predicted octanol–water partition coefficient (Wildman–Crippen LogP) is 2.02. The zero-order valence-corrected chi connectivity index (χ0v) is 13.2. The molecule has 0 aromatic carbocycles. The minimum atomic E-state index is -0.781. The molecule has 2 atom stereocenters. The van der Waals surface area contributed by atoms with Crippen LogP contribution < -0.4 is 5.32 Å². The van der Waals surface area contributed by atoms with Gasteiger partial charge < -0.3 is 15.2 Å². The average molecular weight is 287 g/mol. The maximum atomic E-state index is 12.1. The van der Waals surface area contributed by atoms with Gasteiger partial charge in [-0.2, -0.15) is 0 Å². The van der Waals surface area contributed by atoms with Gasteiger partial charge in [0, 0.05) is 6.54 Å². The van der Waals surface area contributed by atoms with Crippen molar-refractivity contribution in [3.8, 4) is 0 Å². The van der Waals surface area contributed by atoms with Crippen LogP contribution in [0.1, 0.15) is 59.8 Å². The molecule has 5 nitrogen and oxygen atoms in total. The summed E-state index contributed by atoms with van der Waals surface area (Å²) in [4.78, 5) is 23.9. The first-order valence-electron chi connectivity index (χ1n) is 7.47. The number of carbonyl (C=O) groups is 2. The van der Waals surface area contributed by atoms with Crippen LogP contribution in [0.2, 0.25) is 0 Å². The van der Waals surface area contributed by atoms with E-state index in [9.17, 15) is 14.7 Å². The Bertz CT molecular complexity index is 304. The van der Waals surface area contributed by atoms with Gasteiger partial charge in [0.25, 0.3) is 0 Å². The average Bonchev–Trinajstić information content (AvgIpc) is 2.40. The van der Waals surface area contributed by atoms with Crippen molar-refractivity contribution in [2.75, 3.05) is 13.2 Å². The summed E-state index contributed by atoms with van der Waals surface area (Å²) in [6.07, 6.45) is 2.99. The number of aliphatic hydroxyl groups excluding tert-OH is 1. The molecule has 20 heavy (non-hydrogen) atoms. The van der Waals surface area contributed by atoms with Gasteiger partial charge >= 0.3 is 5.97 Å². The molecule has 0 rings (SSSR count). The Labute approximate surface area is 122 Å². The first kappa shape index (κ1) is 18.9. The molecule has 0 bridgehead atoms. The summed E-state index contributed by atoms with van der Waals surface area (Å²) in [6, 6.07) is 0. The second-order valence-electron chi connectivity index (χ2n) is 5.58. The molecule has 1 amide bonds. The number of carbonyl (C=O) groups excluding carboxylic acids is 2. The van der Waals surface area contributed by atoms with E-state index in [1.54, 1.807) is 13.8 Å². The Morgan fingerprint density at radius 1 is 1.30 bits per heavy atom. The molecule has 0 heterocycles. The van der Waals surface area contributed by atoms with Gasteiger partial charge in [-0.1, -0.05) is 33.6 Å². The first-order chi connectivity index (χ1) is 9.35. The van der Waals surface area contributed by atoms with Crippen molar-refractivity contribution in [3.05, 3.63) is 0 Å². The van der Waals surface area contributed by atoms with E-state index in [1.165, 1.54) is 0 Å². The molecule has 0 aromatic rings. The highest BCUT2D eigenvalue weighted by molar-refractivity contribution is 5.86. The van der Waals surface area contributed by atoms with Crippen molar-refractivity contribution in [2.24, 2.45) is 5.41 Å². The fourth-order valence-corrected chi connectivity index (χ4v) is 1.73. The molecule has 0 saturated carbocycles. The molecule has 118 valence electrons. The number of nitrogens with one attached hydrogen (secondary N) is 1. The summed E-state index contributed by atoms with van der Waals surface area (Å²) in [6.45, 7) is 7.92. The van der Waals surface area contributed by atoms with E-state index < -0.39 is 11.5 Å². The van der Waals surface area contributed by atoms with Crippen LogP contribution in [0.5, 0.6) is 0 Å².